The van der Waals surface area contributed by atoms with E-state index in [4.69, 9.17) is 4.74 Å². The number of hydrogen-bond acceptors (Lipinski definition) is 8. The van der Waals surface area contributed by atoms with Crippen LogP contribution in [-0.4, -0.2) is 53.7 Å². The van der Waals surface area contributed by atoms with Crippen LogP contribution < -0.4 is 9.80 Å². The molecule has 2 aromatic heterocycles. The molecular weight excluding hydrogens is 324 g/mol. The monoisotopic (exact) mass is 348 g/mol. The second kappa shape index (κ2) is 6.60. The highest BCUT2D eigenvalue weighted by atomic mass is 32.1. The van der Waals surface area contributed by atoms with Gasteiger partial charge in [-0.25, -0.2) is 0 Å². The summed E-state index contributed by atoms with van der Waals surface area (Å²) in [5.74, 6) is 0.935. The molecule has 0 bridgehead atoms. The Morgan fingerprint density at radius 3 is 2.54 bits per heavy atom. The van der Waals surface area contributed by atoms with Crippen LogP contribution in [-0.2, 0) is 16.8 Å². The lowest BCUT2D eigenvalue weighted by molar-refractivity contribution is 0.184. The number of aromatic nitrogens is 4. The summed E-state index contributed by atoms with van der Waals surface area (Å²) < 4.78 is 5.10. The molecule has 1 aliphatic heterocycles. The fraction of sp³-hybridized carbons (Fsp3) is 0.625. The number of ether oxygens (including phenoxy) is 1. The van der Waals surface area contributed by atoms with Gasteiger partial charge in [-0.2, -0.15) is 5.10 Å². The molecule has 130 valence electrons. The molecule has 0 spiro atoms. The topological polar surface area (TPSA) is 67.3 Å². The normalized spacial score (nSPS) is 15.5. The zero-order valence-corrected chi connectivity index (χ0v) is 15.7. The van der Waals surface area contributed by atoms with Gasteiger partial charge in [-0.05, 0) is 12.1 Å². The van der Waals surface area contributed by atoms with Crippen LogP contribution in [0.2, 0.25) is 0 Å². The van der Waals surface area contributed by atoms with Crippen LogP contribution in [0.25, 0.3) is 0 Å². The van der Waals surface area contributed by atoms with E-state index in [1.54, 1.807) is 18.4 Å². The third-order valence-electron chi connectivity index (χ3n) is 4.18. The molecular formula is C16H24N6OS. The minimum atomic E-state index is 0.0288. The van der Waals surface area contributed by atoms with Gasteiger partial charge in [-0.1, -0.05) is 32.1 Å². The van der Waals surface area contributed by atoms with Gasteiger partial charge < -0.3 is 14.5 Å². The summed E-state index contributed by atoms with van der Waals surface area (Å²) in [5, 5.41) is 19.0. The van der Waals surface area contributed by atoms with Crippen LogP contribution in [0.1, 0.15) is 31.5 Å². The van der Waals surface area contributed by atoms with Gasteiger partial charge in [0.25, 0.3) is 0 Å². The first-order chi connectivity index (χ1) is 11.4. The molecule has 0 radical (unpaired) electrons. The summed E-state index contributed by atoms with van der Waals surface area (Å²) in [7, 11) is 3.73. The van der Waals surface area contributed by atoms with Gasteiger partial charge in [-0.15, -0.1) is 15.3 Å². The summed E-state index contributed by atoms with van der Waals surface area (Å²) >= 11 is 1.58. The highest BCUT2D eigenvalue weighted by Crippen LogP contribution is 2.28. The minimum absolute atomic E-state index is 0.0288. The Bertz CT molecular complexity index is 675. The Hall–Kier alpha value is -1.80. The number of likely N-dealkylation sites (N-methyl/N-ethyl adjacent to an activating group) is 1. The van der Waals surface area contributed by atoms with Gasteiger partial charge in [0.1, 0.15) is 11.6 Å². The summed E-state index contributed by atoms with van der Waals surface area (Å²) in [6, 6.07) is 4.55. The molecule has 0 saturated carbocycles. The van der Waals surface area contributed by atoms with Crippen LogP contribution in [0.15, 0.2) is 12.1 Å². The van der Waals surface area contributed by atoms with Gasteiger partial charge >= 0.3 is 0 Å². The van der Waals surface area contributed by atoms with Crippen molar-refractivity contribution in [2.75, 3.05) is 37.0 Å². The van der Waals surface area contributed by atoms with Crippen LogP contribution in [0, 0.1) is 0 Å². The van der Waals surface area contributed by atoms with E-state index in [9.17, 15) is 0 Å². The predicted molar refractivity (Wildman–Crippen MR) is 95.8 cm³/mol. The first-order valence-corrected chi connectivity index (χ1v) is 8.83. The first-order valence-electron chi connectivity index (χ1n) is 8.02. The van der Waals surface area contributed by atoms with Gasteiger partial charge in [0.2, 0.25) is 5.13 Å². The van der Waals surface area contributed by atoms with Crippen molar-refractivity contribution in [3.63, 3.8) is 0 Å². The largest absolute Gasteiger partial charge is 0.377 e. The van der Waals surface area contributed by atoms with E-state index in [-0.39, 0.29) is 5.41 Å². The van der Waals surface area contributed by atoms with E-state index in [2.05, 4.69) is 70.1 Å². The van der Waals surface area contributed by atoms with E-state index in [0.29, 0.717) is 12.6 Å². The molecule has 0 aliphatic carbocycles. The molecule has 3 rings (SSSR count). The number of anilines is 2. The van der Waals surface area contributed by atoms with Crippen molar-refractivity contribution < 1.29 is 4.74 Å². The maximum atomic E-state index is 5.10. The molecule has 7 nitrogen and oxygen atoms in total. The maximum absolute atomic E-state index is 5.10. The lowest BCUT2D eigenvalue weighted by atomic mass is 9.92. The second-order valence-corrected chi connectivity index (χ2v) is 8.15. The number of rotatable bonds is 5. The van der Waals surface area contributed by atoms with Crippen LogP contribution in [0.3, 0.4) is 0 Å². The zero-order chi connectivity index (χ0) is 17.3. The Labute approximate surface area is 146 Å². The van der Waals surface area contributed by atoms with Crippen molar-refractivity contribution in [2.24, 2.45) is 0 Å². The molecule has 1 aliphatic rings. The summed E-state index contributed by atoms with van der Waals surface area (Å²) in [4.78, 5) is 4.42. The van der Waals surface area contributed by atoms with Gasteiger partial charge in [-0.3, -0.25) is 0 Å². The molecule has 0 atom stereocenters. The fourth-order valence-corrected chi connectivity index (χ4v) is 3.35. The van der Waals surface area contributed by atoms with Crippen LogP contribution in [0.5, 0.6) is 0 Å². The highest BCUT2D eigenvalue weighted by molar-refractivity contribution is 7.15. The average molecular weight is 348 g/mol. The Morgan fingerprint density at radius 2 is 1.96 bits per heavy atom. The molecule has 1 saturated heterocycles. The number of methoxy groups -OCH3 is 1. The minimum Gasteiger partial charge on any atom is -0.377 e. The van der Waals surface area contributed by atoms with Crippen LogP contribution in [0.4, 0.5) is 10.9 Å². The Balaban J connectivity index is 1.58. The van der Waals surface area contributed by atoms with E-state index >= 15 is 0 Å². The van der Waals surface area contributed by atoms with E-state index in [0.717, 1.165) is 34.7 Å². The smallest absolute Gasteiger partial charge is 0.208 e. The predicted octanol–water partition coefficient (Wildman–Crippen LogP) is 2.10. The average Bonchev–Trinajstić information content (AvgIpc) is 2.94. The number of hydrogen-bond donors (Lipinski definition) is 0. The van der Waals surface area contributed by atoms with Gasteiger partial charge in [0.05, 0.1) is 11.7 Å². The van der Waals surface area contributed by atoms with E-state index in [1.807, 2.05) is 0 Å². The maximum Gasteiger partial charge on any atom is 0.208 e. The third-order valence-corrected chi connectivity index (χ3v) is 5.17. The van der Waals surface area contributed by atoms with Crippen molar-refractivity contribution >= 4 is 22.3 Å². The third kappa shape index (κ3) is 3.49. The fourth-order valence-electron chi connectivity index (χ4n) is 2.51. The zero-order valence-electron chi connectivity index (χ0n) is 14.9. The van der Waals surface area contributed by atoms with Crippen molar-refractivity contribution in [1.82, 2.24) is 20.4 Å². The molecule has 1 fully saturated rings. The molecule has 3 heterocycles. The van der Waals surface area contributed by atoms with E-state index in [1.165, 1.54) is 0 Å². The molecule has 0 amide bonds. The standard InChI is InChI=1S/C16H24N6OS/c1-16(2,3)12-6-7-13(18-17-12)22-8-11(9-22)21(4)15-20-19-14(24-15)10-23-5/h6-7,11H,8-10H2,1-5H3. The molecule has 0 N–H and O–H groups in total. The Morgan fingerprint density at radius 1 is 1.21 bits per heavy atom. The summed E-state index contributed by atoms with van der Waals surface area (Å²) in [6.07, 6.45) is 0. The number of nitrogens with zero attached hydrogens (tertiary/aromatic N) is 6. The van der Waals surface area contributed by atoms with Crippen molar-refractivity contribution in [1.29, 1.82) is 0 Å². The lowest BCUT2D eigenvalue weighted by Crippen LogP contribution is -2.59. The van der Waals surface area contributed by atoms with Gasteiger partial charge in [0, 0.05) is 32.7 Å². The molecule has 8 heteroatoms. The van der Waals surface area contributed by atoms with Crippen molar-refractivity contribution in [3.05, 3.63) is 22.8 Å². The Kier molecular flexibility index (Phi) is 4.69. The molecule has 2 aromatic rings. The lowest BCUT2D eigenvalue weighted by Gasteiger charge is -2.44. The quantitative estimate of drug-likeness (QED) is 0.819. The van der Waals surface area contributed by atoms with E-state index < -0.39 is 0 Å². The van der Waals surface area contributed by atoms with Crippen LogP contribution >= 0.6 is 11.3 Å². The van der Waals surface area contributed by atoms with Crippen molar-refractivity contribution in [3.8, 4) is 0 Å². The van der Waals surface area contributed by atoms with Crippen molar-refractivity contribution in [2.45, 2.75) is 38.8 Å². The second-order valence-electron chi connectivity index (χ2n) is 7.11. The molecule has 0 aromatic carbocycles. The van der Waals surface area contributed by atoms with Gasteiger partial charge in [0.15, 0.2) is 5.82 Å². The molecule has 0 unspecified atom stereocenters. The highest BCUT2D eigenvalue weighted by Gasteiger charge is 2.33. The first kappa shape index (κ1) is 17.0. The molecule has 24 heavy (non-hydrogen) atoms. The SMILES string of the molecule is COCc1nnc(N(C)C2CN(c3ccc(C(C)(C)C)nn3)C2)s1. The summed E-state index contributed by atoms with van der Waals surface area (Å²) in [6.45, 7) is 8.78. The summed E-state index contributed by atoms with van der Waals surface area (Å²) in [5.41, 5.74) is 1.04.